The van der Waals surface area contributed by atoms with Gasteiger partial charge < -0.3 is 16.0 Å². The highest BCUT2D eigenvalue weighted by Crippen LogP contribution is 2.17. The highest BCUT2D eigenvalue weighted by molar-refractivity contribution is 6.30. The third-order valence-corrected chi connectivity index (χ3v) is 3.39. The molecule has 0 spiro atoms. The van der Waals surface area contributed by atoms with Crippen LogP contribution < -0.4 is 11.1 Å². The maximum Gasteiger partial charge on any atom is 0.253 e. The number of aromatic amines is 1. The summed E-state index contributed by atoms with van der Waals surface area (Å²) < 4.78 is 0. The summed E-state index contributed by atoms with van der Waals surface area (Å²) in [6, 6.07) is 12.7. The Hall–Kier alpha value is -2.53. The normalized spacial score (nSPS) is 10.7. The molecule has 1 aromatic heterocycles. The van der Waals surface area contributed by atoms with Crippen molar-refractivity contribution in [2.24, 2.45) is 0 Å². The van der Waals surface area contributed by atoms with E-state index in [9.17, 15) is 4.79 Å². The van der Waals surface area contributed by atoms with Gasteiger partial charge in [0.2, 0.25) is 0 Å². The van der Waals surface area contributed by atoms with Crippen molar-refractivity contribution in [2.45, 2.75) is 6.54 Å². The van der Waals surface area contributed by atoms with Crippen molar-refractivity contribution in [3.63, 3.8) is 0 Å². The molecule has 5 nitrogen and oxygen atoms in total. The van der Waals surface area contributed by atoms with Gasteiger partial charge in [-0.2, -0.15) is 0 Å². The molecule has 0 bridgehead atoms. The fourth-order valence-electron chi connectivity index (χ4n) is 2.11. The van der Waals surface area contributed by atoms with Crippen molar-refractivity contribution >= 4 is 34.5 Å². The first-order valence-electron chi connectivity index (χ1n) is 6.40. The number of amides is 1. The minimum absolute atomic E-state index is 0.193. The lowest BCUT2D eigenvalue weighted by atomic mass is 10.1. The summed E-state index contributed by atoms with van der Waals surface area (Å²) in [5.41, 5.74) is 8.41. The number of nitrogens with two attached hydrogens (primary N) is 1. The minimum atomic E-state index is -0.193. The van der Waals surface area contributed by atoms with Crippen molar-refractivity contribution < 1.29 is 4.79 Å². The summed E-state index contributed by atoms with van der Waals surface area (Å²) in [7, 11) is 0. The standard InChI is InChI=1S/C15H13ClN4O/c16-10-6-4-9(5-7-10)8-18-14(21)11-2-1-3-12-13(11)20-15(17)19-12/h1-7H,8H2,(H,18,21)(H3,17,19,20). The van der Waals surface area contributed by atoms with E-state index in [-0.39, 0.29) is 5.91 Å². The molecule has 1 amide bonds. The molecular formula is C15H13ClN4O. The van der Waals surface area contributed by atoms with Gasteiger partial charge in [0.1, 0.15) is 5.52 Å². The van der Waals surface area contributed by atoms with Crippen LogP contribution in [0.5, 0.6) is 0 Å². The number of anilines is 1. The number of benzene rings is 2. The largest absolute Gasteiger partial charge is 0.369 e. The molecule has 0 saturated heterocycles. The average molecular weight is 301 g/mol. The van der Waals surface area contributed by atoms with E-state index in [1.807, 2.05) is 18.2 Å². The fraction of sp³-hybridized carbons (Fsp3) is 0.0667. The van der Waals surface area contributed by atoms with E-state index in [0.29, 0.717) is 28.6 Å². The van der Waals surface area contributed by atoms with Crippen molar-refractivity contribution in [1.29, 1.82) is 0 Å². The van der Waals surface area contributed by atoms with Gasteiger partial charge >= 0.3 is 0 Å². The second-order valence-electron chi connectivity index (χ2n) is 4.63. The van der Waals surface area contributed by atoms with Crippen LogP contribution in [0, 0.1) is 0 Å². The molecule has 0 saturated carbocycles. The molecule has 1 heterocycles. The number of hydrogen-bond acceptors (Lipinski definition) is 3. The van der Waals surface area contributed by atoms with Crippen LogP contribution in [0.4, 0.5) is 5.95 Å². The summed E-state index contributed by atoms with van der Waals surface area (Å²) in [5.74, 6) is 0.102. The van der Waals surface area contributed by atoms with Crippen LogP contribution >= 0.6 is 11.6 Å². The van der Waals surface area contributed by atoms with E-state index in [2.05, 4.69) is 15.3 Å². The van der Waals surface area contributed by atoms with Gasteiger partial charge in [-0.25, -0.2) is 4.98 Å². The number of fused-ring (bicyclic) bond motifs is 1. The Bertz CT molecular complexity index is 795. The fourth-order valence-corrected chi connectivity index (χ4v) is 2.24. The van der Waals surface area contributed by atoms with Crippen LogP contribution in [-0.4, -0.2) is 15.9 Å². The average Bonchev–Trinajstić information content (AvgIpc) is 2.86. The topological polar surface area (TPSA) is 83.8 Å². The number of imidazole rings is 1. The van der Waals surface area contributed by atoms with Gasteiger partial charge in [-0.3, -0.25) is 4.79 Å². The van der Waals surface area contributed by atoms with Crippen molar-refractivity contribution in [3.05, 3.63) is 58.6 Å². The molecule has 6 heteroatoms. The van der Waals surface area contributed by atoms with Crippen LogP contribution in [0.15, 0.2) is 42.5 Å². The van der Waals surface area contributed by atoms with E-state index >= 15 is 0 Å². The molecule has 0 unspecified atom stereocenters. The van der Waals surface area contributed by atoms with Crippen LogP contribution in [0.3, 0.4) is 0 Å². The zero-order chi connectivity index (χ0) is 14.8. The summed E-state index contributed by atoms with van der Waals surface area (Å²) in [6.07, 6.45) is 0. The zero-order valence-electron chi connectivity index (χ0n) is 11.1. The number of aromatic nitrogens is 2. The van der Waals surface area contributed by atoms with Gasteiger partial charge in [-0.05, 0) is 29.8 Å². The smallest absolute Gasteiger partial charge is 0.253 e. The minimum Gasteiger partial charge on any atom is -0.369 e. The lowest BCUT2D eigenvalue weighted by Crippen LogP contribution is -2.23. The summed E-state index contributed by atoms with van der Waals surface area (Å²) >= 11 is 5.83. The number of nitrogens with zero attached hydrogens (tertiary/aromatic N) is 1. The Kier molecular flexibility index (Phi) is 3.50. The van der Waals surface area contributed by atoms with Gasteiger partial charge in [-0.15, -0.1) is 0 Å². The highest BCUT2D eigenvalue weighted by atomic mass is 35.5. The van der Waals surface area contributed by atoms with Crippen LogP contribution in [0.2, 0.25) is 5.02 Å². The molecule has 0 aliphatic carbocycles. The first kappa shape index (κ1) is 13.5. The Morgan fingerprint density at radius 2 is 2.00 bits per heavy atom. The van der Waals surface area contributed by atoms with E-state index in [4.69, 9.17) is 17.3 Å². The zero-order valence-corrected chi connectivity index (χ0v) is 11.8. The van der Waals surface area contributed by atoms with Gasteiger partial charge in [0, 0.05) is 11.6 Å². The molecule has 0 atom stereocenters. The van der Waals surface area contributed by atoms with E-state index in [1.54, 1.807) is 24.3 Å². The third kappa shape index (κ3) is 2.83. The number of halogens is 1. The number of carbonyl (C=O) groups is 1. The Balaban J connectivity index is 1.79. The quantitative estimate of drug-likeness (QED) is 0.695. The molecule has 0 aliphatic heterocycles. The van der Waals surface area contributed by atoms with E-state index in [0.717, 1.165) is 11.1 Å². The molecule has 4 N–H and O–H groups in total. The molecule has 21 heavy (non-hydrogen) atoms. The first-order valence-corrected chi connectivity index (χ1v) is 6.78. The van der Waals surface area contributed by atoms with Gasteiger partial charge in [0.25, 0.3) is 5.91 Å². The second kappa shape index (κ2) is 5.46. The number of rotatable bonds is 3. The maximum atomic E-state index is 12.3. The number of H-pyrrole nitrogens is 1. The van der Waals surface area contributed by atoms with Gasteiger partial charge in [-0.1, -0.05) is 29.8 Å². The predicted molar refractivity (Wildman–Crippen MR) is 83.1 cm³/mol. The van der Waals surface area contributed by atoms with Crippen molar-refractivity contribution in [3.8, 4) is 0 Å². The maximum absolute atomic E-state index is 12.3. The monoisotopic (exact) mass is 300 g/mol. The van der Waals surface area contributed by atoms with Crippen molar-refractivity contribution in [1.82, 2.24) is 15.3 Å². The molecule has 0 radical (unpaired) electrons. The molecule has 3 rings (SSSR count). The molecule has 0 fully saturated rings. The van der Waals surface area contributed by atoms with E-state index in [1.165, 1.54) is 0 Å². The van der Waals surface area contributed by atoms with Gasteiger partial charge in [0.15, 0.2) is 5.95 Å². The van der Waals surface area contributed by atoms with Crippen LogP contribution in [-0.2, 0) is 6.54 Å². The highest BCUT2D eigenvalue weighted by Gasteiger charge is 2.12. The van der Waals surface area contributed by atoms with Crippen molar-refractivity contribution in [2.75, 3.05) is 5.73 Å². The number of para-hydroxylation sites is 1. The van der Waals surface area contributed by atoms with Crippen LogP contribution in [0.25, 0.3) is 11.0 Å². The molecule has 3 aromatic rings. The summed E-state index contributed by atoms with van der Waals surface area (Å²) in [5, 5.41) is 3.53. The Labute approximate surface area is 126 Å². The second-order valence-corrected chi connectivity index (χ2v) is 5.07. The number of carbonyl (C=O) groups excluding carboxylic acids is 1. The summed E-state index contributed by atoms with van der Waals surface area (Å²) in [6.45, 7) is 0.423. The lowest BCUT2D eigenvalue weighted by molar-refractivity contribution is 0.0952. The first-order chi connectivity index (χ1) is 10.1. The predicted octanol–water partition coefficient (Wildman–Crippen LogP) is 2.73. The molecular weight excluding hydrogens is 288 g/mol. The Morgan fingerprint density at radius 3 is 2.76 bits per heavy atom. The molecule has 2 aromatic carbocycles. The van der Waals surface area contributed by atoms with Crippen LogP contribution in [0.1, 0.15) is 15.9 Å². The summed E-state index contributed by atoms with van der Waals surface area (Å²) in [4.78, 5) is 19.3. The molecule has 106 valence electrons. The number of nitrogens with one attached hydrogen (secondary N) is 2. The van der Waals surface area contributed by atoms with E-state index < -0.39 is 0 Å². The SMILES string of the molecule is Nc1nc2c(C(=O)NCc3ccc(Cl)cc3)cccc2[nH]1. The molecule has 0 aliphatic rings. The Morgan fingerprint density at radius 1 is 1.24 bits per heavy atom. The third-order valence-electron chi connectivity index (χ3n) is 3.14. The number of hydrogen-bond donors (Lipinski definition) is 3. The van der Waals surface area contributed by atoms with Gasteiger partial charge in [0.05, 0.1) is 11.1 Å². The lowest BCUT2D eigenvalue weighted by Gasteiger charge is -2.06. The number of nitrogen functional groups attached to an aromatic ring is 1.